The molecule has 0 spiro atoms. The lowest BCUT2D eigenvalue weighted by Crippen LogP contribution is -2.60. The molecule has 6 heteroatoms. The number of rotatable bonds is 3. The van der Waals surface area contributed by atoms with Gasteiger partial charge in [-0.05, 0) is 33.8 Å². The summed E-state index contributed by atoms with van der Waals surface area (Å²) < 4.78 is 0. The van der Waals surface area contributed by atoms with Crippen molar-refractivity contribution in [3.05, 3.63) is 17.5 Å². The van der Waals surface area contributed by atoms with Crippen LogP contribution in [-0.4, -0.2) is 59.5 Å². The maximum Gasteiger partial charge on any atom is 0.243 e. The summed E-state index contributed by atoms with van der Waals surface area (Å²) in [6.07, 6.45) is 0. The van der Waals surface area contributed by atoms with Crippen LogP contribution >= 0.6 is 0 Å². The van der Waals surface area contributed by atoms with E-state index in [9.17, 15) is 4.79 Å². The van der Waals surface area contributed by atoms with Gasteiger partial charge in [0.15, 0.2) is 0 Å². The van der Waals surface area contributed by atoms with Crippen LogP contribution in [0.25, 0.3) is 0 Å². The van der Waals surface area contributed by atoms with Gasteiger partial charge in [0.25, 0.3) is 0 Å². The minimum Gasteiger partial charge on any atom is -0.357 e. The van der Waals surface area contributed by atoms with E-state index in [1.54, 1.807) is 7.05 Å². The van der Waals surface area contributed by atoms with E-state index >= 15 is 0 Å². The summed E-state index contributed by atoms with van der Waals surface area (Å²) in [4.78, 5) is 25.6. The summed E-state index contributed by atoms with van der Waals surface area (Å²) in [7, 11) is 1.68. The first-order valence-electron chi connectivity index (χ1n) is 7.47. The quantitative estimate of drug-likeness (QED) is 0.890. The Labute approximate surface area is 126 Å². The number of aromatic nitrogens is 2. The van der Waals surface area contributed by atoms with Gasteiger partial charge in [-0.25, -0.2) is 9.97 Å². The van der Waals surface area contributed by atoms with E-state index in [2.05, 4.69) is 34.0 Å². The summed E-state index contributed by atoms with van der Waals surface area (Å²) in [5, 5.41) is 2.76. The van der Waals surface area contributed by atoms with Gasteiger partial charge in [0.2, 0.25) is 11.9 Å². The second-order valence-corrected chi connectivity index (χ2v) is 5.86. The van der Waals surface area contributed by atoms with E-state index in [0.717, 1.165) is 24.5 Å². The Hall–Kier alpha value is -1.69. The van der Waals surface area contributed by atoms with Crippen LogP contribution in [0, 0.1) is 13.8 Å². The molecule has 0 saturated carbocycles. The number of carbonyl (C=O) groups excluding carboxylic acids is 1. The monoisotopic (exact) mass is 291 g/mol. The number of nitrogens with zero attached hydrogens (tertiary/aromatic N) is 4. The lowest BCUT2D eigenvalue weighted by atomic mass is 10.1. The molecule has 1 N–H and O–H groups in total. The number of piperazine rings is 1. The molecular weight excluding hydrogens is 266 g/mol. The van der Waals surface area contributed by atoms with Crippen molar-refractivity contribution in [2.24, 2.45) is 0 Å². The molecule has 2 heterocycles. The van der Waals surface area contributed by atoms with Gasteiger partial charge in [-0.15, -0.1) is 0 Å². The first-order chi connectivity index (χ1) is 9.92. The summed E-state index contributed by atoms with van der Waals surface area (Å²) in [5.74, 6) is 0.674. The number of aryl methyl sites for hydroxylation is 2. The second kappa shape index (κ2) is 6.39. The molecule has 1 atom stereocenters. The van der Waals surface area contributed by atoms with Gasteiger partial charge in [-0.3, -0.25) is 9.69 Å². The normalized spacial score (nSPS) is 19.9. The first kappa shape index (κ1) is 15.7. The molecule has 1 aromatic rings. The number of carbonyl (C=O) groups is 1. The van der Waals surface area contributed by atoms with Crippen molar-refractivity contribution in [3.63, 3.8) is 0 Å². The van der Waals surface area contributed by atoms with Gasteiger partial charge in [-0.1, -0.05) is 0 Å². The van der Waals surface area contributed by atoms with Crippen molar-refractivity contribution in [2.75, 3.05) is 31.6 Å². The van der Waals surface area contributed by atoms with E-state index in [1.807, 2.05) is 24.8 Å². The predicted molar refractivity (Wildman–Crippen MR) is 83.4 cm³/mol. The molecule has 116 valence electrons. The molecule has 1 aliphatic heterocycles. The highest BCUT2D eigenvalue weighted by atomic mass is 16.2. The third-order valence-electron chi connectivity index (χ3n) is 3.92. The molecule has 0 aromatic carbocycles. The van der Waals surface area contributed by atoms with Crippen LogP contribution < -0.4 is 10.2 Å². The third kappa shape index (κ3) is 3.50. The molecule has 0 unspecified atom stereocenters. The molecule has 0 bridgehead atoms. The Balaban J connectivity index is 2.29. The Morgan fingerprint density at radius 3 is 2.43 bits per heavy atom. The van der Waals surface area contributed by atoms with Crippen LogP contribution in [0.2, 0.25) is 0 Å². The maximum absolute atomic E-state index is 12.3. The van der Waals surface area contributed by atoms with Gasteiger partial charge in [0.1, 0.15) is 6.04 Å². The first-order valence-corrected chi connectivity index (χ1v) is 7.47. The Bertz CT molecular complexity index is 497. The third-order valence-corrected chi connectivity index (χ3v) is 3.92. The van der Waals surface area contributed by atoms with Crippen LogP contribution in [0.5, 0.6) is 0 Å². The maximum atomic E-state index is 12.3. The van der Waals surface area contributed by atoms with Crippen LogP contribution in [0.1, 0.15) is 25.2 Å². The van der Waals surface area contributed by atoms with Crippen LogP contribution in [-0.2, 0) is 4.79 Å². The topological polar surface area (TPSA) is 61.4 Å². The van der Waals surface area contributed by atoms with E-state index in [-0.39, 0.29) is 11.9 Å². The summed E-state index contributed by atoms with van der Waals surface area (Å²) >= 11 is 0. The second-order valence-electron chi connectivity index (χ2n) is 5.86. The number of hydrogen-bond donors (Lipinski definition) is 1. The number of likely N-dealkylation sites (N-methyl/N-ethyl adjacent to an activating group) is 1. The smallest absolute Gasteiger partial charge is 0.243 e. The highest BCUT2D eigenvalue weighted by molar-refractivity contribution is 5.85. The molecule has 1 aliphatic rings. The molecular formula is C15H25N5O. The molecule has 1 amide bonds. The molecule has 1 fully saturated rings. The SMILES string of the molecule is CNC(=O)[C@H]1CN(C(C)C)CCN1c1nc(C)cc(C)n1. The molecule has 1 aromatic heterocycles. The number of anilines is 1. The summed E-state index contributed by atoms with van der Waals surface area (Å²) in [5.41, 5.74) is 1.86. The van der Waals surface area contributed by atoms with Crippen molar-refractivity contribution >= 4 is 11.9 Å². The number of nitrogens with one attached hydrogen (secondary N) is 1. The summed E-state index contributed by atoms with van der Waals surface area (Å²) in [6.45, 7) is 10.6. The number of amides is 1. The Kier molecular flexibility index (Phi) is 4.77. The standard InChI is InChI=1S/C15H25N5O/c1-10(2)19-6-7-20(13(9-19)14(21)16-5)15-17-11(3)8-12(4)18-15/h8,10,13H,6-7,9H2,1-5H3,(H,16,21)/t13-/m1/s1. The fourth-order valence-corrected chi connectivity index (χ4v) is 2.74. The average Bonchev–Trinajstić information content (AvgIpc) is 2.44. The molecule has 0 radical (unpaired) electrons. The van der Waals surface area contributed by atoms with E-state index < -0.39 is 0 Å². The molecule has 1 saturated heterocycles. The van der Waals surface area contributed by atoms with Gasteiger partial charge >= 0.3 is 0 Å². The molecule has 0 aliphatic carbocycles. The zero-order chi connectivity index (χ0) is 15.6. The highest BCUT2D eigenvalue weighted by Gasteiger charge is 2.34. The van der Waals surface area contributed by atoms with Crippen molar-refractivity contribution in [2.45, 2.75) is 39.8 Å². The van der Waals surface area contributed by atoms with Gasteiger partial charge < -0.3 is 10.2 Å². The summed E-state index contributed by atoms with van der Waals surface area (Å²) in [6, 6.07) is 2.13. The zero-order valence-corrected chi connectivity index (χ0v) is 13.6. The zero-order valence-electron chi connectivity index (χ0n) is 13.6. The largest absolute Gasteiger partial charge is 0.357 e. The minimum absolute atomic E-state index is 0.0168. The lowest BCUT2D eigenvalue weighted by molar-refractivity contribution is -0.123. The van der Waals surface area contributed by atoms with E-state index in [1.165, 1.54) is 0 Å². The Morgan fingerprint density at radius 1 is 1.29 bits per heavy atom. The fraction of sp³-hybridized carbons (Fsp3) is 0.667. The number of hydrogen-bond acceptors (Lipinski definition) is 5. The van der Waals surface area contributed by atoms with Crippen molar-refractivity contribution in [1.82, 2.24) is 20.2 Å². The van der Waals surface area contributed by atoms with E-state index in [4.69, 9.17) is 0 Å². The lowest BCUT2D eigenvalue weighted by Gasteiger charge is -2.42. The van der Waals surface area contributed by atoms with Crippen molar-refractivity contribution < 1.29 is 4.79 Å². The van der Waals surface area contributed by atoms with Gasteiger partial charge in [0.05, 0.1) is 0 Å². The molecule has 2 rings (SSSR count). The van der Waals surface area contributed by atoms with Gasteiger partial charge in [-0.2, -0.15) is 0 Å². The highest BCUT2D eigenvalue weighted by Crippen LogP contribution is 2.19. The van der Waals surface area contributed by atoms with Crippen molar-refractivity contribution in [3.8, 4) is 0 Å². The van der Waals surface area contributed by atoms with Crippen LogP contribution in [0.15, 0.2) is 6.07 Å². The van der Waals surface area contributed by atoms with E-state index in [0.29, 0.717) is 18.5 Å². The average molecular weight is 291 g/mol. The minimum atomic E-state index is -0.243. The van der Waals surface area contributed by atoms with Crippen LogP contribution in [0.4, 0.5) is 5.95 Å². The predicted octanol–water partition coefficient (Wildman–Crippen LogP) is 0.738. The Morgan fingerprint density at radius 2 is 1.90 bits per heavy atom. The van der Waals surface area contributed by atoms with Crippen molar-refractivity contribution in [1.29, 1.82) is 0 Å². The van der Waals surface area contributed by atoms with Crippen LogP contribution in [0.3, 0.4) is 0 Å². The molecule has 21 heavy (non-hydrogen) atoms. The molecule has 6 nitrogen and oxygen atoms in total. The van der Waals surface area contributed by atoms with Gasteiger partial charge in [0, 0.05) is 44.1 Å². The fourth-order valence-electron chi connectivity index (χ4n) is 2.74.